The summed E-state index contributed by atoms with van der Waals surface area (Å²) in [6.07, 6.45) is 5.14. The summed E-state index contributed by atoms with van der Waals surface area (Å²) in [5.74, 6) is -3.25. The van der Waals surface area contributed by atoms with Crippen LogP contribution in [0.5, 0.6) is 0 Å². The van der Waals surface area contributed by atoms with Crippen LogP contribution in [0.2, 0.25) is 0 Å². The zero-order valence-electron chi connectivity index (χ0n) is 25.0. The number of nitrogens with zero attached hydrogens (tertiary/aromatic N) is 3. The summed E-state index contributed by atoms with van der Waals surface area (Å²) in [6.45, 7) is 3.09. The maximum absolute atomic E-state index is 12.4. The van der Waals surface area contributed by atoms with Crippen molar-refractivity contribution in [3.8, 4) is 0 Å². The molecule has 0 saturated carbocycles. The molecule has 0 aromatic heterocycles. The fraction of sp³-hybridized carbons (Fsp3) is 0.312. The summed E-state index contributed by atoms with van der Waals surface area (Å²) in [6, 6.07) is 19.7. The highest BCUT2D eigenvalue weighted by molar-refractivity contribution is 6.15. The number of rotatable bonds is 6. The van der Waals surface area contributed by atoms with E-state index in [-0.39, 0.29) is 36.5 Å². The molecule has 0 spiro atoms. The molecule has 0 unspecified atom stereocenters. The van der Waals surface area contributed by atoms with Crippen molar-refractivity contribution in [2.24, 2.45) is 0 Å². The number of benzene rings is 2. The lowest BCUT2D eigenvalue weighted by Crippen LogP contribution is -2.54. The summed E-state index contributed by atoms with van der Waals surface area (Å²) in [4.78, 5) is 92.4. The van der Waals surface area contributed by atoms with E-state index in [1.165, 1.54) is 26.3 Å². The standard InChI is InChI=1S/C17H18N2O4.C9H10O.C6H8N2O3/c1-12(20)18-11-16(22)19(13(2)21)15(17(18)23)10-6-9-14-7-4-3-5-8-14;10-8-4-7-9-5-2-1-3-6-9;1-4(9)8-3-5(10)7-2-6(8)11/h3-5,7-8,10H,6,9,11H2,1-2H3;1-3,5-6,8H,4,7H2;2-3H2,1H3,(H,7,10)/b15-10+;;. The topological polar surface area (TPSA) is 158 Å². The van der Waals surface area contributed by atoms with Crippen molar-refractivity contribution < 1.29 is 38.4 Å². The third-order valence-corrected chi connectivity index (χ3v) is 6.37. The van der Waals surface area contributed by atoms with Crippen LogP contribution in [-0.2, 0) is 51.2 Å². The quantitative estimate of drug-likeness (QED) is 0.385. The summed E-state index contributed by atoms with van der Waals surface area (Å²) in [7, 11) is 0. The molecule has 2 aliphatic heterocycles. The second-order valence-electron chi connectivity index (χ2n) is 9.74. The number of carbonyl (C=O) groups excluding carboxylic acids is 8. The lowest BCUT2D eigenvalue weighted by atomic mass is 10.1. The molecule has 2 heterocycles. The minimum absolute atomic E-state index is 0.0418. The molecule has 2 aliphatic rings. The number of hydrogen-bond acceptors (Lipinski definition) is 8. The Labute approximate surface area is 255 Å². The van der Waals surface area contributed by atoms with E-state index in [4.69, 9.17) is 0 Å². The minimum atomic E-state index is -0.611. The van der Waals surface area contributed by atoms with Gasteiger partial charge in [0.05, 0.1) is 6.54 Å². The van der Waals surface area contributed by atoms with E-state index in [1.807, 2.05) is 60.7 Å². The minimum Gasteiger partial charge on any atom is -0.345 e. The van der Waals surface area contributed by atoms with E-state index in [2.05, 4.69) is 5.32 Å². The summed E-state index contributed by atoms with van der Waals surface area (Å²) >= 11 is 0. The Kier molecular flexibility index (Phi) is 14.0. The van der Waals surface area contributed by atoms with Crippen LogP contribution in [-0.4, -0.2) is 82.0 Å². The molecule has 0 bridgehead atoms. The summed E-state index contributed by atoms with van der Waals surface area (Å²) in [5.41, 5.74) is 2.27. The highest BCUT2D eigenvalue weighted by Crippen LogP contribution is 2.18. The largest absolute Gasteiger partial charge is 0.345 e. The second-order valence-corrected chi connectivity index (χ2v) is 9.74. The van der Waals surface area contributed by atoms with Crippen LogP contribution in [0.15, 0.2) is 72.4 Å². The molecule has 44 heavy (non-hydrogen) atoms. The molecule has 1 N–H and O–H groups in total. The van der Waals surface area contributed by atoms with Crippen LogP contribution in [0.4, 0.5) is 0 Å². The Morgan fingerprint density at radius 1 is 0.705 bits per heavy atom. The molecule has 2 fully saturated rings. The Hall–Kier alpha value is -5.26. The maximum Gasteiger partial charge on any atom is 0.277 e. The second kappa shape index (κ2) is 17.6. The van der Waals surface area contributed by atoms with Gasteiger partial charge in [-0.2, -0.15) is 0 Å². The number of allylic oxidation sites excluding steroid dienone is 1. The van der Waals surface area contributed by atoms with E-state index in [1.54, 1.807) is 6.08 Å². The van der Waals surface area contributed by atoms with E-state index in [9.17, 15) is 38.4 Å². The van der Waals surface area contributed by atoms with E-state index < -0.39 is 30.2 Å². The van der Waals surface area contributed by atoms with Gasteiger partial charge in [0.25, 0.3) is 11.8 Å². The predicted molar refractivity (Wildman–Crippen MR) is 159 cm³/mol. The van der Waals surface area contributed by atoms with E-state index in [0.29, 0.717) is 19.3 Å². The van der Waals surface area contributed by atoms with Crippen LogP contribution >= 0.6 is 0 Å². The lowest BCUT2D eigenvalue weighted by Gasteiger charge is -2.32. The van der Waals surface area contributed by atoms with E-state index >= 15 is 0 Å². The van der Waals surface area contributed by atoms with Gasteiger partial charge in [-0.25, -0.2) is 4.90 Å². The van der Waals surface area contributed by atoms with Crippen molar-refractivity contribution in [3.05, 3.63) is 83.6 Å². The van der Waals surface area contributed by atoms with Crippen LogP contribution in [0.1, 0.15) is 44.7 Å². The third-order valence-electron chi connectivity index (χ3n) is 6.37. The third kappa shape index (κ3) is 10.9. The molecular formula is C32H36N4O8. The monoisotopic (exact) mass is 604 g/mol. The van der Waals surface area contributed by atoms with Gasteiger partial charge < -0.3 is 10.1 Å². The lowest BCUT2D eigenvalue weighted by molar-refractivity contribution is -0.157. The number of piperazine rings is 2. The molecule has 0 aliphatic carbocycles. The van der Waals surface area contributed by atoms with Crippen LogP contribution in [0.25, 0.3) is 0 Å². The van der Waals surface area contributed by atoms with Gasteiger partial charge in [-0.3, -0.25) is 43.4 Å². The molecule has 2 aromatic carbocycles. The molecule has 4 rings (SSSR count). The van der Waals surface area contributed by atoms with Crippen LogP contribution in [0.3, 0.4) is 0 Å². The van der Waals surface area contributed by atoms with Gasteiger partial charge in [0.15, 0.2) is 0 Å². The normalized spacial score (nSPS) is 15.4. The number of nitrogens with one attached hydrogen (secondary N) is 1. The SMILES string of the molecule is CC(=O)N1CC(=O)N(C(C)=O)/C(=C/CCc2ccccc2)C1=O.CC(=O)N1CC(=O)NCC1=O.O=CCCc1ccccc1. The maximum atomic E-state index is 12.4. The molecular weight excluding hydrogens is 568 g/mol. The van der Waals surface area contributed by atoms with Gasteiger partial charge in [0, 0.05) is 27.2 Å². The van der Waals surface area contributed by atoms with Crippen molar-refractivity contribution in [3.63, 3.8) is 0 Å². The zero-order chi connectivity index (χ0) is 32.6. The first-order valence-corrected chi connectivity index (χ1v) is 13.9. The summed E-state index contributed by atoms with van der Waals surface area (Å²) < 4.78 is 0. The zero-order valence-corrected chi connectivity index (χ0v) is 25.0. The smallest absolute Gasteiger partial charge is 0.277 e. The van der Waals surface area contributed by atoms with Crippen molar-refractivity contribution in [2.45, 2.75) is 46.5 Å². The van der Waals surface area contributed by atoms with Gasteiger partial charge >= 0.3 is 0 Å². The fourth-order valence-corrected chi connectivity index (χ4v) is 4.16. The molecule has 0 atom stereocenters. The first kappa shape index (κ1) is 34.9. The number of hydrogen-bond donors (Lipinski definition) is 1. The summed E-state index contributed by atoms with van der Waals surface area (Å²) in [5, 5.41) is 2.33. The molecule has 12 nitrogen and oxygen atoms in total. The number of aldehydes is 1. The van der Waals surface area contributed by atoms with Crippen LogP contribution < -0.4 is 5.32 Å². The van der Waals surface area contributed by atoms with E-state index in [0.717, 1.165) is 33.0 Å². The highest BCUT2D eigenvalue weighted by atomic mass is 16.2. The fourth-order valence-electron chi connectivity index (χ4n) is 4.16. The average molecular weight is 605 g/mol. The van der Waals surface area contributed by atoms with Crippen molar-refractivity contribution in [1.29, 1.82) is 0 Å². The van der Waals surface area contributed by atoms with Crippen molar-refractivity contribution in [1.82, 2.24) is 20.0 Å². The first-order valence-electron chi connectivity index (χ1n) is 13.9. The van der Waals surface area contributed by atoms with Crippen molar-refractivity contribution in [2.75, 3.05) is 19.6 Å². The van der Waals surface area contributed by atoms with Gasteiger partial charge in [0.2, 0.25) is 29.5 Å². The molecule has 2 saturated heterocycles. The molecule has 232 valence electrons. The predicted octanol–water partition coefficient (Wildman–Crippen LogP) is 1.58. The molecule has 12 heteroatoms. The van der Waals surface area contributed by atoms with Crippen molar-refractivity contribution >= 4 is 47.6 Å². The number of amides is 7. The average Bonchev–Trinajstić information content (AvgIpc) is 3.00. The van der Waals surface area contributed by atoms with Gasteiger partial charge in [-0.05, 0) is 30.4 Å². The molecule has 0 radical (unpaired) electrons. The Morgan fingerprint density at radius 3 is 1.68 bits per heavy atom. The number of imide groups is 3. The molecule has 2 aromatic rings. The highest BCUT2D eigenvalue weighted by Gasteiger charge is 2.38. The number of aryl methyl sites for hydroxylation is 2. The Balaban J connectivity index is 0.000000266. The van der Waals surface area contributed by atoms with Crippen LogP contribution in [0, 0.1) is 0 Å². The molecule has 7 amide bonds. The van der Waals surface area contributed by atoms with Gasteiger partial charge in [-0.15, -0.1) is 0 Å². The Bertz CT molecular complexity index is 1410. The van der Waals surface area contributed by atoms with Gasteiger partial charge in [-0.1, -0.05) is 66.7 Å². The first-order chi connectivity index (χ1) is 21.0. The Morgan fingerprint density at radius 2 is 1.23 bits per heavy atom. The number of carbonyl (C=O) groups is 8. The van der Waals surface area contributed by atoms with Gasteiger partial charge in [0.1, 0.15) is 25.1 Å².